The zero-order valence-electron chi connectivity index (χ0n) is 17.2. The topological polar surface area (TPSA) is 69.7 Å². The van der Waals surface area contributed by atoms with Gasteiger partial charge in [0.25, 0.3) is 0 Å². The fourth-order valence-corrected chi connectivity index (χ4v) is 3.08. The molecule has 6 heteroatoms. The number of nitrogens with one attached hydrogen (secondary N) is 1. The van der Waals surface area contributed by atoms with Crippen LogP contribution in [0.2, 0.25) is 0 Å². The molecule has 1 heterocycles. The predicted molar refractivity (Wildman–Crippen MR) is 116 cm³/mol. The van der Waals surface area contributed by atoms with Crippen molar-refractivity contribution in [3.63, 3.8) is 0 Å². The van der Waals surface area contributed by atoms with Gasteiger partial charge in [0.05, 0.1) is 33.1 Å². The van der Waals surface area contributed by atoms with Crippen LogP contribution in [0, 0.1) is 0 Å². The molecule has 3 rings (SSSR count). The Morgan fingerprint density at radius 3 is 2.17 bits per heavy atom. The Morgan fingerprint density at radius 1 is 0.933 bits per heavy atom. The molecule has 0 aliphatic heterocycles. The Kier molecular flexibility index (Phi) is 7.05. The first kappa shape index (κ1) is 20.9. The molecule has 0 radical (unpaired) electrons. The Bertz CT molecular complexity index is 940. The molecule has 1 N–H and O–H groups in total. The second-order valence-electron chi connectivity index (χ2n) is 6.40. The number of ether oxygens (including phenoxy) is 3. The molecule has 154 valence electrons. The van der Waals surface area contributed by atoms with E-state index in [0.29, 0.717) is 17.2 Å². The van der Waals surface area contributed by atoms with Crippen LogP contribution in [0.3, 0.4) is 0 Å². The van der Waals surface area contributed by atoms with E-state index < -0.39 is 0 Å². The van der Waals surface area contributed by atoms with Crippen LogP contribution in [0.15, 0.2) is 72.9 Å². The molecule has 2 aromatic carbocycles. The molecule has 3 aromatic rings. The Balaban J connectivity index is 1.83. The summed E-state index contributed by atoms with van der Waals surface area (Å²) in [4.78, 5) is 17.1. The molecule has 0 aliphatic carbocycles. The third-order valence-electron chi connectivity index (χ3n) is 4.52. The van der Waals surface area contributed by atoms with Crippen LogP contribution >= 0.6 is 0 Å². The van der Waals surface area contributed by atoms with E-state index in [2.05, 4.69) is 10.3 Å². The zero-order valence-corrected chi connectivity index (χ0v) is 17.2. The molecule has 0 saturated heterocycles. The SMILES string of the molecule is COc1cc(/C=C/C(=O)NC(c2ccccc2)c2ccccn2)cc(OC)c1OC. The third kappa shape index (κ3) is 4.97. The summed E-state index contributed by atoms with van der Waals surface area (Å²) in [7, 11) is 4.65. The van der Waals surface area contributed by atoms with Gasteiger partial charge in [-0.2, -0.15) is 0 Å². The Hall–Kier alpha value is -3.80. The quantitative estimate of drug-likeness (QED) is 0.574. The first-order valence-corrected chi connectivity index (χ1v) is 9.40. The lowest BCUT2D eigenvalue weighted by Gasteiger charge is -2.18. The van der Waals surface area contributed by atoms with Crippen molar-refractivity contribution in [3.05, 3.63) is 89.8 Å². The molecule has 0 spiro atoms. The number of benzene rings is 2. The number of pyridine rings is 1. The summed E-state index contributed by atoms with van der Waals surface area (Å²) in [5.41, 5.74) is 2.46. The number of carbonyl (C=O) groups excluding carboxylic acids is 1. The lowest BCUT2D eigenvalue weighted by atomic mass is 10.0. The average Bonchev–Trinajstić information content (AvgIpc) is 2.81. The minimum Gasteiger partial charge on any atom is -0.493 e. The number of hydrogen-bond acceptors (Lipinski definition) is 5. The summed E-state index contributed by atoms with van der Waals surface area (Å²) in [6.07, 6.45) is 4.88. The predicted octanol–water partition coefficient (Wildman–Crippen LogP) is 4.03. The smallest absolute Gasteiger partial charge is 0.244 e. The van der Waals surface area contributed by atoms with E-state index in [4.69, 9.17) is 14.2 Å². The van der Waals surface area contributed by atoms with E-state index in [9.17, 15) is 4.79 Å². The molecule has 6 nitrogen and oxygen atoms in total. The van der Waals surface area contributed by atoms with Gasteiger partial charge < -0.3 is 19.5 Å². The molecule has 1 atom stereocenters. The highest BCUT2D eigenvalue weighted by Crippen LogP contribution is 2.38. The highest BCUT2D eigenvalue weighted by atomic mass is 16.5. The van der Waals surface area contributed by atoms with Crippen LogP contribution in [0.5, 0.6) is 17.2 Å². The zero-order chi connectivity index (χ0) is 21.3. The van der Waals surface area contributed by atoms with Crippen LogP contribution < -0.4 is 19.5 Å². The van der Waals surface area contributed by atoms with Crippen molar-refractivity contribution in [2.75, 3.05) is 21.3 Å². The van der Waals surface area contributed by atoms with E-state index in [1.54, 1.807) is 45.7 Å². The normalized spacial score (nSPS) is 11.7. The minimum atomic E-state index is -0.357. The maximum absolute atomic E-state index is 12.7. The van der Waals surface area contributed by atoms with Crippen molar-refractivity contribution in [1.82, 2.24) is 10.3 Å². The standard InChI is InChI=1S/C24H24N2O4/c1-28-20-15-17(16-21(29-2)24(20)30-3)12-13-22(27)26-23(18-9-5-4-6-10-18)19-11-7-8-14-25-19/h4-16,23H,1-3H3,(H,26,27)/b13-12+. The summed E-state index contributed by atoms with van der Waals surface area (Å²) >= 11 is 0. The van der Waals surface area contributed by atoms with Gasteiger partial charge in [-0.05, 0) is 41.5 Å². The first-order valence-electron chi connectivity index (χ1n) is 9.40. The molecule has 30 heavy (non-hydrogen) atoms. The van der Waals surface area contributed by atoms with Gasteiger partial charge in [0.1, 0.15) is 0 Å². The van der Waals surface area contributed by atoms with Crippen molar-refractivity contribution in [2.24, 2.45) is 0 Å². The van der Waals surface area contributed by atoms with Crippen molar-refractivity contribution in [1.29, 1.82) is 0 Å². The van der Waals surface area contributed by atoms with Gasteiger partial charge in [0.2, 0.25) is 11.7 Å². The van der Waals surface area contributed by atoms with Crippen LogP contribution in [-0.2, 0) is 4.79 Å². The second kappa shape index (κ2) is 10.1. The van der Waals surface area contributed by atoms with Crippen LogP contribution in [0.4, 0.5) is 0 Å². The van der Waals surface area contributed by atoms with Crippen molar-refractivity contribution in [2.45, 2.75) is 6.04 Å². The van der Waals surface area contributed by atoms with E-state index in [-0.39, 0.29) is 11.9 Å². The van der Waals surface area contributed by atoms with E-state index in [0.717, 1.165) is 16.8 Å². The highest BCUT2D eigenvalue weighted by Gasteiger charge is 2.17. The molecule has 0 bridgehead atoms. The van der Waals surface area contributed by atoms with Gasteiger partial charge in [-0.3, -0.25) is 9.78 Å². The van der Waals surface area contributed by atoms with E-state index >= 15 is 0 Å². The molecule has 1 unspecified atom stereocenters. The summed E-state index contributed by atoms with van der Waals surface area (Å²) in [5.74, 6) is 1.30. The lowest BCUT2D eigenvalue weighted by molar-refractivity contribution is -0.116. The molecule has 1 aromatic heterocycles. The highest BCUT2D eigenvalue weighted by molar-refractivity contribution is 5.92. The molecule has 1 amide bonds. The monoisotopic (exact) mass is 404 g/mol. The average molecular weight is 404 g/mol. The summed E-state index contributed by atoms with van der Waals surface area (Å²) < 4.78 is 16.0. The lowest BCUT2D eigenvalue weighted by Crippen LogP contribution is -2.28. The number of amides is 1. The number of rotatable bonds is 8. The molecular weight excluding hydrogens is 380 g/mol. The van der Waals surface area contributed by atoms with Crippen LogP contribution in [0.1, 0.15) is 22.9 Å². The summed E-state index contributed by atoms with van der Waals surface area (Å²) in [6.45, 7) is 0. The molecule has 0 fully saturated rings. The second-order valence-corrected chi connectivity index (χ2v) is 6.40. The summed E-state index contributed by atoms with van der Waals surface area (Å²) in [6, 6.07) is 18.6. The minimum absolute atomic E-state index is 0.247. The Labute approximate surface area is 176 Å². The van der Waals surface area contributed by atoms with Gasteiger partial charge >= 0.3 is 0 Å². The van der Waals surface area contributed by atoms with Crippen LogP contribution in [-0.4, -0.2) is 32.2 Å². The Morgan fingerprint density at radius 2 is 1.60 bits per heavy atom. The number of nitrogens with zero attached hydrogens (tertiary/aromatic N) is 1. The third-order valence-corrected chi connectivity index (χ3v) is 4.52. The number of hydrogen-bond donors (Lipinski definition) is 1. The first-order chi connectivity index (χ1) is 14.7. The van der Waals surface area contributed by atoms with E-state index in [1.165, 1.54) is 6.08 Å². The fraction of sp³-hybridized carbons (Fsp3) is 0.167. The van der Waals surface area contributed by atoms with Crippen LogP contribution in [0.25, 0.3) is 6.08 Å². The molecule has 0 aliphatic rings. The maximum Gasteiger partial charge on any atom is 0.244 e. The van der Waals surface area contributed by atoms with Gasteiger partial charge in [0.15, 0.2) is 11.5 Å². The number of methoxy groups -OCH3 is 3. The van der Waals surface area contributed by atoms with E-state index in [1.807, 2.05) is 48.5 Å². The largest absolute Gasteiger partial charge is 0.493 e. The van der Waals surface area contributed by atoms with Crippen molar-refractivity contribution < 1.29 is 19.0 Å². The van der Waals surface area contributed by atoms with Gasteiger partial charge in [-0.15, -0.1) is 0 Å². The molecular formula is C24H24N2O4. The maximum atomic E-state index is 12.7. The number of aromatic nitrogens is 1. The molecule has 0 saturated carbocycles. The van der Waals surface area contributed by atoms with Gasteiger partial charge in [-0.25, -0.2) is 0 Å². The van der Waals surface area contributed by atoms with Gasteiger partial charge in [0, 0.05) is 12.3 Å². The number of carbonyl (C=O) groups is 1. The van der Waals surface area contributed by atoms with Crippen molar-refractivity contribution in [3.8, 4) is 17.2 Å². The van der Waals surface area contributed by atoms with Gasteiger partial charge in [-0.1, -0.05) is 36.4 Å². The van der Waals surface area contributed by atoms with Crippen molar-refractivity contribution >= 4 is 12.0 Å². The fourth-order valence-electron chi connectivity index (χ4n) is 3.08. The summed E-state index contributed by atoms with van der Waals surface area (Å²) in [5, 5.41) is 3.02.